The van der Waals surface area contributed by atoms with Gasteiger partial charge in [0.25, 0.3) is 5.22 Å². The van der Waals surface area contributed by atoms with Crippen molar-refractivity contribution in [3.8, 4) is 0 Å². The van der Waals surface area contributed by atoms with E-state index < -0.39 is 0 Å². The molecule has 1 heterocycles. The van der Waals surface area contributed by atoms with Crippen LogP contribution in [0.5, 0.6) is 0 Å². The van der Waals surface area contributed by atoms with Crippen LogP contribution < -0.4 is 5.32 Å². The van der Waals surface area contributed by atoms with Crippen molar-refractivity contribution in [2.24, 2.45) is 0 Å². The van der Waals surface area contributed by atoms with Crippen molar-refractivity contribution in [1.82, 2.24) is 10.3 Å². The standard InChI is InChI=1S/C13H16N2OS/c1-10(2)15-9-11-5-3-4-6-12(11)17-13-14-7-8-16-13/h3-8,10,15H,9H2,1-2H3. The van der Waals surface area contributed by atoms with Gasteiger partial charge in [0.1, 0.15) is 6.26 Å². The molecule has 3 nitrogen and oxygen atoms in total. The van der Waals surface area contributed by atoms with Gasteiger partial charge < -0.3 is 9.73 Å². The van der Waals surface area contributed by atoms with E-state index in [4.69, 9.17) is 4.42 Å². The van der Waals surface area contributed by atoms with Crippen molar-refractivity contribution in [3.63, 3.8) is 0 Å². The Kier molecular flexibility index (Phi) is 4.23. The maximum Gasteiger partial charge on any atom is 0.260 e. The van der Waals surface area contributed by atoms with Crippen LogP contribution in [0.25, 0.3) is 0 Å². The van der Waals surface area contributed by atoms with Crippen molar-refractivity contribution < 1.29 is 4.42 Å². The molecule has 2 aromatic rings. The second-order valence-corrected chi connectivity index (χ2v) is 5.04. The van der Waals surface area contributed by atoms with Crippen LogP contribution in [-0.4, -0.2) is 11.0 Å². The normalized spacial score (nSPS) is 11.0. The zero-order chi connectivity index (χ0) is 12.1. The third-order valence-corrected chi connectivity index (χ3v) is 3.27. The quantitative estimate of drug-likeness (QED) is 0.881. The van der Waals surface area contributed by atoms with Crippen LogP contribution in [0, 0.1) is 0 Å². The fourth-order valence-electron chi connectivity index (χ4n) is 1.42. The molecule has 2 rings (SSSR count). The number of benzene rings is 1. The molecule has 0 saturated heterocycles. The summed E-state index contributed by atoms with van der Waals surface area (Å²) in [4.78, 5) is 5.31. The molecular formula is C13H16N2OS. The Morgan fingerprint density at radius 3 is 2.88 bits per heavy atom. The average molecular weight is 248 g/mol. The Balaban J connectivity index is 2.10. The summed E-state index contributed by atoms with van der Waals surface area (Å²) in [5.74, 6) is 0. The van der Waals surface area contributed by atoms with Crippen LogP contribution in [-0.2, 0) is 6.54 Å². The van der Waals surface area contributed by atoms with Gasteiger partial charge in [0.05, 0.1) is 6.20 Å². The number of nitrogens with zero attached hydrogens (tertiary/aromatic N) is 1. The maximum absolute atomic E-state index is 5.25. The van der Waals surface area contributed by atoms with E-state index in [1.165, 1.54) is 10.5 Å². The van der Waals surface area contributed by atoms with Gasteiger partial charge in [-0.2, -0.15) is 0 Å². The van der Waals surface area contributed by atoms with Crippen LogP contribution in [0.15, 0.2) is 51.3 Å². The number of nitrogens with one attached hydrogen (secondary N) is 1. The third-order valence-electron chi connectivity index (χ3n) is 2.28. The molecule has 0 unspecified atom stereocenters. The van der Waals surface area contributed by atoms with E-state index >= 15 is 0 Å². The lowest BCUT2D eigenvalue weighted by atomic mass is 10.2. The van der Waals surface area contributed by atoms with Crippen molar-refractivity contribution >= 4 is 11.8 Å². The predicted molar refractivity (Wildman–Crippen MR) is 69.0 cm³/mol. The summed E-state index contributed by atoms with van der Waals surface area (Å²) in [7, 11) is 0. The topological polar surface area (TPSA) is 38.1 Å². The summed E-state index contributed by atoms with van der Waals surface area (Å²) in [5.41, 5.74) is 1.27. The number of rotatable bonds is 5. The molecule has 0 atom stereocenters. The first-order valence-corrected chi connectivity index (χ1v) is 6.46. The third kappa shape index (κ3) is 3.61. The highest BCUT2D eigenvalue weighted by Gasteiger charge is 2.06. The van der Waals surface area contributed by atoms with Crippen molar-refractivity contribution in [1.29, 1.82) is 0 Å². The van der Waals surface area contributed by atoms with Gasteiger partial charge in [-0.1, -0.05) is 32.0 Å². The van der Waals surface area contributed by atoms with E-state index in [-0.39, 0.29) is 0 Å². The van der Waals surface area contributed by atoms with Gasteiger partial charge in [-0.3, -0.25) is 0 Å². The zero-order valence-electron chi connectivity index (χ0n) is 10.0. The van der Waals surface area contributed by atoms with E-state index in [0.717, 1.165) is 6.54 Å². The monoisotopic (exact) mass is 248 g/mol. The first-order valence-electron chi connectivity index (χ1n) is 5.64. The largest absolute Gasteiger partial charge is 0.440 e. The lowest BCUT2D eigenvalue weighted by molar-refractivity contribution is 0.454. The van der Waals surface area contributed by atoms with Crippen LogP contribution in [0.2, 0.25) is 0 Å². The molecule has 0 amide bonds. The molecule has 1 aromatic carbocycles. The molecule has 90 valence electrons. The molecule has 0 bridgehead atoms. The Labute approximate surface area is 106 Å². The molecule has 0 saturated carbocycles. The van der Waals surface area contributed by atoms with E-state index in [2.05, 4.69) is 42.3 Å². The van der Waals surface area contributed by atoms with Gasteiger partial charge in [0, 0.05) is 17.5 Å². The number of oxazole rings is 1. The van der Waals surface area contributed by atoms with E-state index in [9.17, 15) is 0 Å². The highest BCUT2D eigenvalue weighted by Crippen LogP contribution is 2.28. The average Bonchev–Trinajstić information content (AvgIpc) is 2.80. The van der Waals surface area contributed by atoms with E-state index in [0.29, 0.717) is 11.3 Å². The van der Waals surface area contributed by atoms with E-state index in [1.807, 2.05) is 6.07 Å². The second-order valence-electron chi connectivity index (χ2n) is 4.04. The van der Waals surface area contributed by atoms with Crippen molar-refractivity contribution in [3.05, 3.63) is 42.3 Å². The van der Waals surface area contributed by atoms with Gasteiger partial charge in [0.15, 0.2) is 0 Å². The van der Waals surface area contributed by atoms with Crippen LogP contribution in [0.3, 0.4) is 0 Å². The van der Waals surface area contributed by atoms with Gasteiger partial charge in [-0.15, -0.1) is 0 Å². The summed E-state index contributed by atoms with van der Waals surface area (Å²) in [5, 5.41) is 4.10. The van der Waals surface area contributed by atoms with Crippen LogP contribution >= 0.6 is 11.8 Å². The smallest absolute Gasteiger partial charge is 0.260 e. The van der Waals surface area contributed by atoms with Gasteiger partial charge in [0.2, 0.25) is 0 Å². The predicted octanol–water partition coefficient (Wildman–Crippen LogP) is 3.32. The summed E-state index contributed by atoms with van der Waals surface area (Å²) in [6, 6.07) is 8.78. The SMILES string of the molecule is CC(C)NCc1ccccc1Sc1ncco1. The summed E-state index contributed by atoms with van der Waals surface area (Å²) in [6.07, 6.45) is 3.26. The Morgan fingerprint density at radius 2 is 2.18 bits per heavy atom. The second kappa shape index (κ2) is 5.89. The molecule has 17 heavy (non-hydrogen) atoms. The molecule has 0 aliphatic heterocycles. The number of hydrogen-bond donors (Lipinski definition) is 1. The molecule has 0 fully saturated rings. The highest BCUT2D eigenvalue weighted by molar-refractivity contribution is 7.99. The minimum atomic E-state index is 0.481. The minimum absolute atomic E-state index is 0.481. The molecule has 0 aliphatic carbocycles. The Hall–Kier alpha value is -1.26. The van der Waals surface area contributed by atoms with Crippen molar-refractivity contribution in [2.75, 3.05) is 0 Å². The summed E-state index contributed by atoms with van der Waals surface area (Å²) in [6.45, 7) is 5.15. The van der Waals surface area contributed by atoms with Crippen LogP contribution in [0.4, 0.5) is 0 Å². The molecule has 0 aliphatic rings. The van der Waals surface area contributed by atoms with Gasteiger partial charge in [-0.25, -0.2) is 4.98 Å². The maximum atomic E-state index is 5.25. The first kappa shape index (κ1) is 12.2. The lowest BCUT2D eigenvalue weighted by Gasteiger charge is -2.11. The molecule has 0 spiro atoms. The molecule has 0 radical (unpaired) electrons. The fraction of sp³-hybridized carbons (Fsp3) is 0.308. The lowest BCUT2D eigenvalue weighted by Crippen LogP contribution is -2.22. The molecule has 4 heteroatoms. The highest BCUT2D eigenvalue weighted by atomic mass is 32.2. The van der Waals surface area contributed by atoms with Gasteiger partial charge >= 0.3 is 0 Å². The summed E-state index contributed by atoms with van der Waals surface area (Å²) >= 11 is 1.55. The number of aromatic nitrogens is 1. The molecule has 1 N–H and O–H groups in total. The first-order chi connectivity index (χ1) is 8.25. The van der Waals surface area contributed by atoms with Crippen LogP contribution in [0.1, 0.15) is 19.4 Å². The fourth-order valence-corrected chi connectivity index (χ4v) is 2.24. The Bertz CT molecular complexity index is 454. The van der Waals surface area contributed by atoms with Gasteiger partial charge in [-0.05, 0) is 23.4 Å². The van der Waals surface area contributed by atoms with Crippen molar-refractivity contribution in [2.45, 2.75) is 36.6 Å². The molecule has 1 aromatic heterocycles. The Morgan fingerprint density at radius 1 is 1.35 bits per heavy atom. The molecular weight excluding hydrogens is 232 g/mol. The summed E-state index contributed by atoms with van der Waals surface area (Å²) < 4.78 is 5.25. The minimum Gasteiger partial charge on any atom is -0.440 e. The zero-order valence-corrected chi connectivity index (χ0v) is 10.8. The van der Waals surface area contributed by atoms with E-state index in [1.54, 1.807) is 24.2 Å². The number of hydrogen-bond acceptors (Lipinski definition) is 4.